The number of hydrogen-bond donors (Lipinski definition) is 2. The van der Waals surface area contributed by atoms with Gasteiger partial charge in [-0.2, -0.15) is 0 Å². The average molecular weight is 192 g/mol. The number of hydrogen-bond acceptors (Lipinski definition) is 3. The Bertz CT molecular complexity index is 333. The fourth-order valence-electron chi connectivity index (χ4n) is 1.28. The Morgan fingerprint density at radius 2 is 1.71 bits per heavy atom. The van der Waals surface area contributed by atoms with Gasteiger partial charge in [0.05, 0.1) is 5.71 Å². The van der Waals surface area contributed by atoms with Gasteiger partial charge in [0.25, 0.3) is 0 Å². The van der Waals surface area contributed by atoms with Gasteiger partial charge in [-0.15, -0.1) is 0 Å². The summed E-state index contributed by atoms with van der Waals surface area (Å²) in [7, 11) is 0. The van der Waals surface area contributed by atoms with Gasteiger partial charge in [-0.1, -0.05) is 38.1 Å². The molecule has 0 heterocycles. The quantitative estimate of drug-likeness (QED) is 0.311. The van der Waals surface area contributed by atoms with E-state index in [2.05, 4.69) is 5.16 Å². The maximum absolute atomic E-state index is 8.94. The van der Waals surface area contributed by atoms with Crippen molar-refractivity contribution in [2.24, 2.45) is 10.6 Å². The van der Waals surface area contributed by atoms with E-state index in [-0.39, 0.29) is 5.41 Å². The lowest BCUT2D eigenvalue weighted by Gasteiger charge is -2.19. The molecule has 3 nitrogen and oxygen atoms in total. The fourth-order valence-corrected chi connectivity index (χ4v) is 1.28. The second-order valence-electron chi connectivity index (χ2n) is 4.32. The van der Waals surface area contributed by atoms with Crippen molar-refractivity contribution in [2.45, 2.75) is 20.8 Å². The molecule has 3 heteroatoms. The van der Waals surface area contributed by atoms with Gasteiger partial charge in [-0.05, 0) is 17.7 Å². The van der Waals surface area contributed by atoms with Crippen LogP contribution in [0.15, 0.2) is 29.4 Å². The molecule has 0 radical (unpaired) electrons. The van der Waals surface area contributed by atoms with E-state index in [0.29, 0.717) is 11.4 Å². The highest BCUT2D eigenvalue weighted by molar-refractivity contribution is 6.03. The molecule has 0 aliphatic carbocycles. The van der Waals surface area contributed by atoms with E-state index >= 15 is 0 Å². The van der Waals surface area contributed by atoms with Crippen LogP contribution in [0.1, 0.15) is 26.3 Å². The first kappa shape index (κ1) is 10.6. The van der Waals surface area contributed by atoms with Crippen molar-refractivity contribution >= 4 is 11.4 Å². The van der Waals surface area contributed by atoms with Gasteiger partial charge in [0, 0.05) is 11.1 Å². The van der Waals surface area contributed by atoms with Gasteiger partial charge in [-0.25, -0.2) is 0 Å². The predicted molar refractivity (Wildman–Crippen MR) is 58.6 cm³/mol. The fraction of sp³-hybridized carbons (Fsp3) is 0.364. The third-order valence-corrected chi connectivity index (χ3v) is 1.99. The summed E-state index contributed by atoms with van der Waals surface area (Å²) in [5.41, 5.74) is 7.67. The van der Waals surface area contributed by atoms with Crippen LogP contribution >= 0.6 is 0 Å². The van der Waals surface area contributed by atoms with E-state index in [0.717, 1.165) is 5.56 Å². The highest BCUT2D eigenvalue weighted by Gasteiger charge is 2.21. The van der Waals surface area contributed by atoms with E-state index in [1.165, 1.54) is 0 Å². The standard InChI is InChI=1S/C11H16N2O/c1-11(2,3)10(13-14)8-4-6-9(12)7-5-8/h4-7,14H,12H2,1-3H3. The molecule has 14 heavy (non-hydrogen) atoms. The molecule has 1 aromatic carbocycles. The monoisotopic (exact) mass is 192 g/mol. The molecule has 76 valence electrons. The Balaban J connectivity index is 3.10. The van der Waals surface area contributed by atoms with Crippen LogP contribution in [0, 0.1) is 5.41 Å². The van der Waals surface area contributed by atoms with Crippen LogP contribution in [0.4, 0.5) is 5.69 Å². The van der Waals surface area contributed by atoms with Crippen LogP contribution in [0.25, 0.3) is 0 Å². The normalized spacial score (nSPS) is 12.9. The first-order chi connectivity index (χ1) is 6.45. The molecule has 0 saturated carbocycles. The number of oxime groups is 1. The van der Waals surface area contributed by atoms with Crippen LogP contribution in [0.5, 0.6) is 0 Å². The molecule has 3 N–H and O–H groups in total. The molecule has 0 aromatic heterocycles. The number of rotatable bonds is 1. The lowest BCUT2D eigenvalue weighted by Crippen LogP contribution is -2.21. The van der Waals surface area contributed by atoms with Crippen molar-refractivity contribution in [2.75, 3.05) is 5.73 Å². The second-order valence-corrected chi connectivity index (χ2v) is 4.32. The number of anilines is 1. The van der Waals surface area contributed by atoms with Crippen molar-refractivity contribution in [3.8, 4) is 0 Å². The Kier molecular flexibility index (Phi) is 2.79. The molecule has 1 rings (SSSR count). The first-order valence-corrected chi connectivity index (χ1v) is 4.53. The van der Waals surface area contributed by atoms with Gasteiger partial charge in [0.15, 0.2) is 0 Å². The summed E-state index contributed by atoms with van der Waals surface area (Å²) < 4.78 is 0. The van der Waals surface area contributed by atoms with Crippen molar-refractivity contribution in [3.63, 3.8) is 0 Å². The maximum atomic E-state index is 8.94. The molecule has 0 saturated heterocycles. The average Bonchev–Trinajstić information content (AvgIpc) is 2.07. The largest absolute Gasteiger partial charge is 0.411 e. The summed E-state index contributed by atoms with van der Waals surface area (Å²) >= 11 is 0. The highest BCUT2D eigenvalue weighted by Crippen LogP contribution is 2.22. The smallest absolute Gasteiger partial charge is 0.0921 e. The summed E-state index contributed by atoms with van der Waals surface area (Å²) in [5.74, 6) is 0. The second kappa shape index (κ2) is 3.70. The van der Waals surface area contributed by atoms with E-state index in [4.69, 9.17) is 10.9 Å². The minimum Gasteiger partial charge on any atom is -0.411 e. The summed E-state index contributed by atoms with van der Waals surface area (Å²) in [4.78, 5) is 0. The van der Waals surface area contributed by atoms with E-state index in [1.54, 1.807) is 12.1 Å². The van der Waals surface area contributed by atoms with E-state index < -0.39 is 0 Å². The number of nitrogens with two attached hydrogens (primary N) is 1. The molecule has 0 unspecified atom stereocenters. The zero-order valence-electron chi connectivity index (χ0n) is 8.78. The SMILES string of the molecule is CC(C)(C)C(=NO)c1ccc(N)cc1. The minimum absolute atomic E-state index is 0.176. The van der Waals surface area contributed by atoms with Gasteiger partial charge in [-0.3, -0.25) is 0 Å². The van der Waals surface area contributed by atoms with Crippen molar-refractivity contribution in [1.29, 1.82) is 0 Å². The topological polar surface area (TPSA) is 58.6 Å². The minimum atomic E-state index is -0.176. The summed E-state index contributed by atoms with van der Waals surface area (Å²) in [6.07, 6.45) is 0. The number of nitrogens with zero attached hydrogens (tertiary/aromatic N) is 1. The van der Waals surface area contributed by atoms with Crippen molar-refractivity contribution < 1.29 is 5.21 Å². The Morgan fingerprint density at radius 1 is 1.21 bits per heavy atom. The third kappa shape index (κ3) is 2.25. The third-order valence-electron chi connectivity index (χ3n) is 1.99. The summed E-state index contributed by atoms with van der Waals surface area (Å²) in [5, 5.41) is 12.3. The zero-order valence-corrected chi connectivity index (χ0v) is 8.78. The molecular formula is C11H16N2O. The van der Waals surface area contributed by atoms with Crippen molar-refractivity contribution in [1.82, 2.24) is 0 Å². The van der Waals surface area contributed by atoms with Crippen LogP contribution < -0.4 is 5.73 Å². The Hall–Kier alpha value is -1.51. The highest BCUT2D eigenvalue weighted by atomic mass is 16.4. The van der Waals surface area contributed by atoms with E-state index in [9.17, 15) is 0 Å². The van der Waals surface area contributed by atoms with Crippen LogP contribution in [-0.4, -0.2) is 10.9 Å². The zero-order chi connectivity index (χ0) is 10.8. The maximum Gasteiger partial charge on any atom is 0.0921 e. The van der Waals surface area contributed by atoms with Gasteiger partial charge in [0.2, 0.25) is 0 Å². The van der Waals surface area contributed by atoms with Gasteiger partial charge in [0.1, 0.15) is 0 Å². The molecule has 0 aliphatic heterocycles. The molecule has 0 atom stereocenters. The lowest BCUT2D eigenvalue weighted by molar-refractivity contribution is 0.311. The van der Waals surface area contributed by atoms with Crippen molar-refractivity contribution in [3.05, 3.63) is 29.8 Å². The molecule has 0 aliphatic rings. The molecule has 0 fully saturated rings. The molecule has 0 amide bonds. The van der Waals surface area contributed by atoms with Crippen LogP contribution in [0.2, 0.25) is 0 Å². The molecule has 0 bridgehead atoms. The summed E-state index contributed by atoms with van der Waals surface area (Å²) in [6.45, 7) is 6.00. The van der Waals surface area contributed by atoms with Gasteiger partial charge < -0.3 is 10.9 Å². The van der Waals surface area contributed by atoms with Crippen LogP contribution in [0.3, 0.4) is 0 Å². The van der Waals surface area contributed by atoms with E-state index in [1.807, 2.05) is 32.9 Å². The number of benzene rings is 1. The molecule has 1 aromatic rings. The van der Waals surface area contributed by atoms with Gasteiger partial charge >= 0.3 is 0 Å². The molecule has 0 spiro atoms. The lowest BCUT2D eigenvalue weighted by atomic mass is 9.86. The Labute approximate surface area is 84.2 Å². The Morgan fingerprint density at radius 3 is 2.07 bits per heavy atom. The predicted octanol–water partition coefficient (Wildman–Crippen LogP) is 2.49. The number of nitrogen functional groups attached to an aromatic ring is 1. The van der Waals surface area contributed by atoms with Crippen LogP contribution in [-0.2, 0) is 0 Å². The molecular weight excluding hydrogens is 176 g/mol. The first-order valence-electron chi connectivity index (χ1n) is 4.53. The summed E-state index contributed by atoms with van der Waals surface area (Å²) in [6, 6.07) is 7.31.